The van der Waals surface area contributed by atoms with Crippen molar-refractivity contribution in [3.8, 4) is 0 Å². The molecule has 23 heavy (non-hydrogen) atoms. The van der Waals surface area contributed by atoms with Gasteiger partial charge >= 0.3 is 0 Å². The molecule has 1 aromatic carbocycles. The summed E-state index contributed by atoms with van der Waals surface area (Å²) in [5.41, 5.74) is 1.91. The molecule has 1 saturated heterocycles. The minimum absolute atomic E-state index is 0.0172. The fraction of sp³-hybridized carbons (Fsp3) is 0.421. The molecule has 1 aliphatic heterocycles. The van der Waals surface area contributed by atoms with E-state index in [1.54, 1.807) is 11.3 Å². The van der Waals surface area contributed by atoms with Gasteiger partial charge in [-0.3, -0.25) is 9.69 Å². The van der Waals surface area contributed by atoms with Crippen LogP contribution in [0.25, 0.3) is 0 Å². The Kier molecular flexibility index (Phi) is 5.47. The average molecular weight is 328 g/mol. The van der Waals surface area contributed by atoms with Crippen LogP contribution < -0.4 is 5.32 Å². The first-order valence-corrected chi connectivity index (χ1v) is 9.24. The summed E-state index contributed by atoms with van der Waals surface area (Å²) < 4.78 is 0. The summed E-state index contributed by atoms with van der Waals surface area (Å²) >= 11 is 1.78. The molecule has 3 nitrogen and oxygen atoms in total. The van der Waals surface area contributed by atoms with Crippen LogP contribution >= 0.6 is 11.3 Å². The van der Waals surface area contributed by atoms with Crippen LogP contribution in [0, 0.1) is 6.92 Å². The van der Waals surface area contributed by atoms with E-state index >= 15 is 0 Å². The van der Waals surface area contributed by atoms with Gasteiger partial charge in [0.1, 0.15) is 0 Å². The molecule has 1 aromatic heterocycles. The number of benzene rings is 1. The lowest BCUT2D eigenvalue weighted by molar-refractivity contribution is 0.0925. The van der Waals surface area contributed by atoms with Crippen molar-refractivity contribution in [3.05, 3.63) is 57.8 Å². The van der Waals surface area contributed by atoms with Crippen LogP contribution in [-0.4, -0.2) is 30.4 Å². The molecule has 2 aromatic rings. The van der Waals surface area contributed by atoms with Gasteiger partial charge in [-0.05, 0) is 56.4 Å². The van der Waals surface area contributed by atoms with E-state index in [1.807, 2.05) is 31.2 Å². The highest BCUT2D eigenvalue weighted by atomic mass is 32.1. The molecule has 1 amide bonds. The highest BCUT2D eigenvalue weighted by Gasteiger charge is 2.23. The summed E-state index contributed by atoms with van der Waals surface area (Å²) in [6.45, 7) is 4.96. The fourth-order valence-corrected chi connectivity index (χ4v) is 3.98. The second kappa shape index (κ2) is 7.75. The largest absolute Gasteiger partial charge is 0.350 e. The molecule has 1 fully saturated rings. The minimum atomic E-state index is 0.0172. The molecule has 0 spiro atoms. The smallest absolute Gasteiger partial charge is 0.251 e. The summed E-state index contributed by atoms with van der Waals surface area (Å²) in [6, 6.07) is 12.3. The van der Waals surface area contributed by atoms with Gasteiger partial charge in [0.05, 0.1) is 6.04 Å². The van der Waals surface area contributed by atoms with E-state index in [0.717, 1.165) is 18.7 Å². The van der Waals surface area contributed by atoms with Crippen LogP contribution in [-0.2, 0) is 0 Å². The zero-order chi connectivity index (χ0) is 16.1. The lowest BCUT2D eigenvalue weighted by Gasteiger charge is -2.34. The number of piperidine rings is 1. The Morgan fingerprint density at radius 1 is 1.17 bits per heavy atom. The average Bonchev–Trinajstić information content (AvgIpc) is 3.11. The van der Waals surface area contributed by atoms with E-state index in [9.17, 15) is 4.79 Å². The molecule has 1 atom stereocenters. The number of amides is 1. The molecule has 0 saturated carbocycles. The van der Waals surface area contributed by atoms with E-state index in [-0.39, 0.29) is 5.91 Å². The summed E-state index contributed by atoms with van der Waals surface area (Å²) in [5, 5.41) is 5.25. The summed E-state index contributed by atoms with van der Waals surface area (Å²) in [7, 11) is 0. The Hall–Kier alpha value is -1.65. The quantitative estimate of drug-likeness (QED) is 0.899. The Bertz CT molecular complexity index is 615. The van der Waals surface area contributed by atoms with Crippen LogP contribution in [0.1, 0.15) is 46.1 Å². The highest BCUT2D eigenvalue weighted by molar-refractivity contribution is 7.10. The third-order valence-electron chi connectivity index (χ3n) is 4.47. The predicted octanol–water partition coefficient (Wildman–Crippen LogP) is 4.01. The van der Waals surface area contributed by atoms with Gasteiger partial charge in [-0.1, -0.05) is 30.2 Å². The van der Waals surface area contributed by atoms with Crippen LogP contribution in [0.15, 0.2) is 41.8 Å². The van der Waals surface area contributed by atoms with Crippen molar-refractivity contribution in [1.29, 1.82) is 0 Å². The van der Waals surface area contributed by atoms with Crippen LogP contribution in [0.5, 0.6) is 0 Å². The van der Waals surface area contributed by atoms with Crippen molar-refractivity contribution in [2.75, 3.05) is 19.6 Å². The van der Waals surface area contributed by atoms with Crippen molar-refractivity contribution >= 4 is 17.2 Å². The van der Waals surface area contributed by atoms with E-state index < -0.39 is 0 Å². The zero-order valence-corrected chi connectivity index (χ0v) is 14.4. The second-order valence-corrected chi connectivity index (χ2v) is 7.18. The maximum atomic E-state index is 12.4. The number of nitrogens with zero attached hydrogens (tertiary/aromatic N) is 1. The Morgan fingerprint density at radius 3 is 2.57 bits per heavy atom. The number of carbonyl (C=O) groups is 1. The predicted molar refractivity (Wildman–Crippen MR) is 96.0 cm³/mol. The van der Waals surface area contributed by atoms with Crippen LogP contribution in [0.4, 0.5) is 0 Å². The number of carbonyl (C=O) groups excluding carboxylic acids is 1. The van der Waals surface area contributed by atoms with E-state index in [0.29, 0.717) is 12.6 Å². The molecule has 2 heterocycles. The number of rotatable bonds is 5. The fourth-order valence-electron chi connectivity index (χ4n) is 3.12. The first-order valence-electron chi connectivity index (χ1n) is 8.36. The lowest BCUT2D eigenvalue weighted by atomic mass is 10.1. The third-order valence-corrected chi connectivity index (χ3v) is 5.45. The molecule has 3 rings (SSSR count). The molecule has 1 aliphatic rings. The first kappa shape index (κ1) is 16.2. The van der Waals surface area contributed by atoms with E-state index in [4.69, 9.17) is 0 Å². The van der Waals surface area contributed by atoms with Crippen LogP contribution in [0.3, 0.4) is 0 Å². The molecule has 0 bridgehead atoms. The van der Waals surface area contributed by atoms with E-state index in [2.05, 4.69) is 27.7 Å². The number of hydrogen-bond acceptors (Lipinski definition) is 3. The Labute approximate surface area is 142 Å². The highest BCUT2D eigenvalue weighted by Crippen LogP contribution is 2.27. The van der Waals surface area contributed by atoms with Gasteiger partial charge in [-0.2, -0.15) is 0 Å². The van der Waals surface area contributed by atoms with Crippen molar-refractivity contribution in [2.45, 2.75) is 32.2 Å². The summed E-state index contributed by atoms with van der Waals surface area (Å²) in [6.07, 6.45) is 3.84. The van der Waals surface area contributed by atoms with Gasteiger partial charge in [0.15, 0.2) is 0 Å². The number of thiophene rings is 1. The number of nitrogens with one attached hydrogen (secondary N) is 1. The molecule has 1 N–H and O–H groups in total. The van der Waals surface area contributed by atoms with Gasteiger partial charge in [-0.15, -0.1) is 11.3 Å². The molecular formula is C19H24N2OS. The summed E-state index contributed by atoms with van der Waals surface area (Å²) in [4.78, 5) is 16.2. The van der Waals surface area contributed by atoms with Crippen molar-refractivity contribution in [2.24, 2.45) is 0 Å². The van der Waals surface area contributed by atoms with E-state index in [1.165, 1.54) is 29.7 Å². The molecule has 4 heteroatoms. The Balaban J connectivity index is 1.66. The first-order chi connectivity index (χ1) is 11.2. The van der Waals surface area contributed by atoms with Gasteiger partial charge < -0.3 is 5.32 Å². The number of aryl methyl sites for hydroxylation is 1. The maximum absolute atomic E-state index is 12.4. The van der Waals surface area contributed by atoms with Gasteiger partial charge in [0.25, 0.3) is 5.91 Å². The molecule has 0 radical (unpaired) electrons. The minimum Gasteiger partial charge on any atom is -0.350 e. The van der Waals surface area contributed by atoms with Crippen LogP contribution in [0.2, 0.25) is 0 Å². The molecule has 1 unspecified atom stereocenters. The zero-order valence-electron chi connectivity index (χ0n) is 13.6. The molecular weight excluding hydrogens is 304 g/mol. The maximum Gasteiger partial charge on any atom is 0.251 e. The Morgan fingerprint density at radius 2 is 1.91 bits per heavy atom. The van der Waals surface area contributed by atoms with Crippen molar-refractivity contribution in [3.63, 3.8) is 0 Å². The van der Waals surface area contributed by atoms with Crippen molar-refractivity contribution < 1.29 is 4.79 Å². The van der Waals surface area contributed by atoms with Crippen molar-refractivity contribution in [1.82, 2.24) is 10.2 Å². The van der Waals surface area contributed by atoms with Gasteiger partial charge in [0.2, 0.25) is 0 Å². The topological polar surface area (TPSA) is 32.3 Å². The van der Waals surface area contributed by atoms with Gasteiger partial charge in [0, 0.05) is 17.0 Å². The monoisotopic (exact) mass is 328 g/mol. The third kappa shape index (κ3) is 4.21. The number of hydrogen-bond donors (Lipinski definition) is 1. The SMILES string of the molecule is Cc1ccc(C(=O)NCC(c2cccs2)N2CCCCC2)cc1. The van der Waals surface area contributed by atoms with Gasteiger partial charge in [-0.25, -0.2) is 0 Å². The molecule has 122 valence electrons. The number of likely N-dealkylation sites (tertiary alicyclic amines) is 1. The standard InChI is InChI=1S/C19H24N2OS/c1-15-7-9-16(10-8-15)19(22)20-14-17(18-6-5-13-23-18)21-11-3-2-4-12-21/h5-10,13,17H,2-4,11-12,14H2,1H3,(H,20,22). The second-order valence-electron chi connectivity index (χ2n) is 6.20. The molecule has 0 aliphatic carbocycles. The normalized spacial score (nSPS) is 16.9. The lowest BCUT2D eigenvalue weighted by Crippen LogP contribution is -2.40. The summed E-state index contributed by atoms with van der Waals surface area (Å²) in [5.74, 6) is 0.0172.